The van der Waals surface area contributed by atoms with Gasteiger partial charge in [-0.2, -0.15) is 5.10 Å². The van der Waals surface area contributed by atoms with Gasteiger partial charge in [0.15, 0.2) is 5.82 Å². The molecule has 1 saturated carbocycles. The Morgan fingerprint density at radius 1 is 1.28 bits per heavy atom. The average Bonchev–Trinajstić information content (AvgIpc) is 3.30. The molecule has 0 aromatic carbocycles. The maximum Gasteiger partial charge on any atom is 0.407 e. The number of aromatic amines is 1. The molecule has 9 heteroatoms. The van der Waals surface area contributed by atoms with Crippen LogP contribution in [-0.4, -0.2) is 46.4 Å². The van der Waals surface area contributed by atoms with Gasteiger partial charge in [-0.15, -0.1) is 0 Å². The first-order valence-corrected chi connectivity index (χ1v) is 9.81. The summed E-state index contributed by atoms with van der Waals surface area (Å²) in [5, 5.41) is 13.3. The van der Waals surface area contributed by atoms with Gasteiger partial charge in [0.1, 0.15) is 11.9 Å². The fourth-order valence-electron chi connectivity index (χ4n) is 3.33. The van der Waals surface area contributed by atoms with Crippen molar-refractivity contribution in [3.63, 3.8) is 0 Å². The summed E-state index contributed by atoms with van der Waals surface area (Å²) in [4.78, 5) is 29.0. The summed E-state index contributed by atoms with van der Waals surface area (Å²) in [5.41, 5.74) is 1.74. The maximum absolute atomic E-state index is 11.8. The van der Waals surface area contributed by atoms with Crippen molar-refractivity contribution < 1.29 is 14.3 Å². The molecule has 2 atom stereocenters. The Bertz CT molecular complexity index is 848. The summed E-state index contributed by atoms with van der Waals surface area (Å²) in [6.45, 7) is 5.32. The molecule has 0 bridgehead atoms. The van der Waals surface area contributed by atoms with E-state index in [4.69, 9.17) is 4.74 Å². The van der Waals surface area contributed by atoms with Gasteiger partial charge in [-0.05, 0) is 45.2 Å². The number of alkyl carbamates (subject to hydrolysis) is 1. The van der Waals surface area contributed by atoms with Gasteiger partial charge in [-0.25, -0.2) is 9.78 Å². The Morgan fingerprint density at radius 3 is 2.72 bits per heavy atom. The summed E-state index contributed by atoms with van der Waals surface area (Å²) in [6, 6.07) is 5.64. The fraction of sp³-hybridized carbons (Fsp3) is 0.500. The van der Waals surface area contributed by atoms with Gasteiger partial charge in [0.25, 0.3) is 0 Å². The van der Waals surface area contributed by atoms with E-state index in [1.165, 1.54) is 11.8 Å². The molecule has 2 unspecified atom stereocenters. The first-order valence-electron chi connectivity index (χ1n) is 9.81. The van der Waals surface area contributed by atoms with E-state index in [-0.39, 0.29) is 30.1 Å². The van der Waals surface area contributed by atoms with Crippen molar-refractivity contribution in [2.24, 2.45) is 0 Å². The van der Waals surface area contributed by atoms with Crippen molar-refractivity contribution in [3.8, 4) is 0 Å². The standard InChI is InChI=1S/C20H28N6O3/c1-12(2)22-20(28)29-16-7-5-14(9-16)17-10-19(25-24-17)23-18-8-6-15(11-21-18)26(4)13(3)27/h6,8,10-12,14,16H,5,7,9H2,1-4H3,(H,22,28)(H2,21,23,24,25). The largest absolute Gasteiger partial charge is 0.446 e. The molecule has 2 aromatic heterocycles. The summed E-state index contributed by atoms with van der Waals surface area (Å²) in [5.74, 6) is 1.53. The molecular weight excluding hydrogens is 372 g/mol. The van der Waals surface area contributed by atoms with Crippen LogP contribution in [-0.2, 0) is 9.53 Å². The fourth-order valence-corrected chi connectivity index (χ4v) is 3.33. The number of anilines is 3. The number of rotatable bonds is 6. The highest BCUT2D eigenvalue weighted by Gasteiger charge is 2.30. The van der Waals surface area contributed by atoms with Crippen molar-refractivity contribution in [2.45, 2.75) is 58.1 Å². The second-order valence-corrected chi connectivity index (χ2v) is 7.65. The molecule has 3 rings (SSSR count). The molecule has 156 valence electrons. The first-order chi connectivity index (χ1) is 13.8. The number of nitrogens with zero attached hydrogens (tertiary/aromatic N) is 3. The number of hydrogen-bond donors (Lipinski definition) is 3. The van der Waals surface area contributed by atoms with Gasteiger partial charge >= 0.3 is 6.09 Å². The molecule has 1 aliphatic carbocycles. The van der Waals surface area contributed by atoms with Crippen LogP contribution in [0.4, 0.5) is 22.1 Å². The van der Waals surface area contributed by atoms with E-state index in [0.29, 0.717) is 11.6 Å². The molecular formula is C20H28N6O3. The van der Waals surface area contributed by atoms with Crippen molar-refractivity contribution in [1.29, 1.82) is 0 Å². The van der Waals surface area contributed by atoms with Crippen LogP contribution in [0.15, 0.2) is 24.4 Å². The minimum absolute atomic E-state index is 0.0509. The third-order valence-corrected chi connectivity index (χ3v) is 4.97. The molecule has 0 aliphatic heterocycles. The minimum Gasteiger partial charge on any atom is -0.446 e. The number of H-pyrrole nitrogens is 1. The molecule has 3 N–H and O–H groups in total. The lowest BCUT2D eigenvalue weighted by Crippen LogP contribution is -2.33. The summed E-state index contributed by atoms with van der Waals surface area (Å²) in [6.07, 6.45) is 3.75. The number of amides is 2. The zero-order valence-corrected chi connectivity index (χ0v) is 17.2. The summed E-state index contributed by atoms with van der Waals surface area (Å²) < 4.78 is 5.49. The number of pyridine rings is 1. The third-order valence-electron chi connectivity index (χ3n) is 4.97. The van der Waals surface area contributed by atoms with E-state index in [9.17, 15) is 9.59 Å². The van der Waals surface area contributed by atoms with Gasteiger partial charge in [-0.1, -0.05) is 0 Å². The normalized spacial score (nSPS) is 18.5. The van der Waals surface area contributed by atoms with E-state index in [1.807, 2.05) is 26.0 Å². The highest BCUT2D eigenvalue weighted by atomic mass is 16.6. The summed E-state index contributed by atoms with van der Waals surface area (Å²) >= 11 is 0. The smallest absolute Gasteiger partial charge is 0.407 e. The van der Waals surface area contributed by atoms with E-state index in [1.54, 1.807) is 19.3 Å². The second-order valence-electron chi connectivity index (χ2n) is 7.65. The molecule has 0 saturated heterocycles. The van der Waals surface area contributed by atoms with Gasteiger partial charge in [0, 0.05) is 37.7 Å². The van der Waals surface area contributed by atoms with Crippen LogP contribution < -0.4 is 15.5 Å². The lowest BCUT2D eigenvalue weighted by atomic mass is 10.0. The minimum atomic E-state index is -0.359. The predicted octanol–water partition coefficient (Wildman–Crippen LogP) is 3.30. The third kappa shape index (κ3) is 5.46. The van der Waals surface area contributed by atoms with Crippen LogP contribution in [0, 0.1) is 0 Å². The Morgan fingerprint density at radius 2 is 2.07 bits per heavy atom. The summed E-state index contributed by atoms with van der Waals surface area (Å²) in [7, 11) is 1.71. The molecule has 1 fully saturated rings. The van der Waals surface area contributed by atoms with Crippen molar-refractivity contribution in [2.75, 3.05) is 17.3 Å². The van der Waals surface area contributed by atoms with Gasteiger partial charge < -0.3 is 20.3 Å². The molecule has 2 aromatic rings. The van der Waals surface area contributed by atoms with E-state index in [2.05, 4.69) is 25.8 Å². The van der Waals surface area contributed by atoms with Crippen LogP contribution in [0.2, 0.25) is 0 Å². The number of hydrogen-bond acceptors (Lipinski definition) is 6. The van der Waals surface area contributed by atoms with Crippen molar-refractivity contribution in [3.05, 3.63) is 30.1 Å². The van der Waals surface area contributed by atoms with Gasteiger partial charge in [0.2, 0.25) is 5.91 Å². The quantitative estimate of drug-likeness (QED) is 0.686. The second kappa shape index (κ2) is 8.93. The monoisotopic (exact) mass is 400 g/mol. The molecule has 0 spiro atoms. The molecule has 2 heterocycles. The number of nitrogens with one attached hydrogen (secondary N) is 3. The van der Waals surface area contributed by atoms with Gasteiger partial charge in [0.05, 0.1) is 11.9 Å². The number of aromatic nitrogens is 3. The van der Waals surface area contributed by atoms with Crippen LogP contribution in [0.5, 0.6) is 0 Å². The first kappa shape index (κ1) is 20.6. The SMILES string of the molecule is CC(=O)N(C)c1ccc(Nc2cc(C3CCC(OC(=O)NC(C)C)C3)[nH]n2)nc1. The van der Waals surface area contributed by atoms with Crippen LogP contribution in [0.1, 0.15) is 51.6 Å². The Balaban J connectivity index is 1.55. The zero-order valence-electron chi connectivity index (χ0n) is 17.2. The van der Waals surface area contributed by atoms with E-state index < -0.39 is 0 Å². The van der Waals surface area contributed by atoms with Gasteiger partial charge in [-0.3, -0.25) is 9.89 Å². The van der Waals surface area contributed by atoms with Crippen molar-refractivity contribution >= 4 is 29.3 Å². The molecule has 9 nitrogen and oxygen atoms in total. The Labute approximate surface area is 170 Å². The van der Waals surface area contributed by atoms with E-state index >= 15 is 0 Å². The molecule has 2 amide bonds. The Hall–Kier alpha value is -3.10. The number of carbonyl (C=O) groups is 2. The molecule has 1 aliphatic rings. The van der Waals surface area contributed by atoms with E-state index in [0.717, 1.165) is 30.6 Å². The molecule has 0 radical (unpaired) electrons. The number of carbonyl (C=O) groups excluding carboxylic acids is 2. The maximum atomic E-state index is 11.8. The van der Waals surface area contributed by atoms with Crippen molar-refractivity contribution in [1.82, 2.24) is 20.5 Å². The topological polar surface area (TPSA) is 112 Å². The zero-order chi connectivity index (χ0) is 21.0. The highest BCUT2D eigenvalue weighted by molar-refractivity contribution is 5.90. The Kier molecular flexibility index (Phi) is 6.36. The predicted molar refractivity (Wildman–Crippen MR) is 110 cm³/mol. The highest BCUT2D eigenvalue weighted by Crippen LogP contribution is 2.36. The lowest BCUT2D eigenvalue weighted by molar-refractivity contribution is -0.116. The number of ether oxygens (including phenoxy) is 1. The van der Waals surface area contributed by atoms with Crippen LogP contribution in [0.3, 0.4) is 0 Å². The lowest BCUT2D eigenvalue weighted by Gasteiger charge is -2.14. The van der Waals surface area contributed by atoms with Crippen LogP contribution in [0.25, 0.3) is 0 Å². The molecule has 29 heavy (non-hydrogen) atoms. The average molecular weight is 400 g/mol. The van der Waals surface area contributed by atoms with Crippen LogP contribution >= 0.6 is 0 Å².